The maximum Gasteiger partial charge on any atom is 0.241 e. The molecule has 0 fully saturated rings. The Kier molecular flexibility index (Phi) is 5.61. The Balaban J connectivity index is 2.00. The van der Waals surface area contributed by atoms with Crippen molar-refractivity contribution in [2.75, 3.05) is 5.32 Å². The molecular weight excluding hydrogens is 347 g/mol. The number of hydrogen-bond acceptors (Lipinski definition) is 4. The van der Waals surface area contributed by atoms with Crippen LogP contribution in [-0.4, -0.2) is 20.5 Å². The molecule has 1 N–H and O–H groups in total. The van der Waals surface area contributed by atoms with E-state index in [1.165, 1.54) is 0 Å². The van der Waals surface area contributed by atoms with Crippen LogP contribution in [0.2, 0.25) is 10.0 Å². The number of amides is 1. The van der Waals surface area contributed by atoms with Gasteiger partial charge in [0.05, 0.1) is 5.75 Å². The maximum atomic E-state index is 12.3. The van der Waals surface area contributed by atoms with Gasteiger partial charge in [0.2, 0.25) is 5.91 Å². The molecule has 1 aromatic carbocycles. The van der Waals surface area contributed by atoms with E-state index in [0.29, 0.717) is 27.2 Å². The number of halogens is 2. The standard InChI is InChI=1S/C14H14Cl2N2O3S/c1-8-5-13(18-21-8)17-14(19)9(2)22(20)7-10-3-4-11(15)6-12(10)16/h3-6,9H,7H2,1-2H3,(H,17,18,19)/t9-,22+/m1/s1. The molecule has 0 saturated heterocycles. The summed E-state index contributed by atoms with van der Waals surface area (Å²) in [5.74, 6) is 0.659. The maximum absolute atomic E-state index is 12.3. The van der Waals surface area contributed by atoms with E-state index in [0.717, 1.165) is 0 Å². The number of aromatic nitrogens is 1. The van der Waals surface area contributed by atoms with Crippen molar-refractivity contribution in [3.63, 3.8) is 0 Å². The van der Waals surface area contributed by atoms with Crippen LogP contribution in [0.3, 0.4) is 0 Å². The van der Waals surface area contributed by atoms with Crippen molar-refractivity contribution in [2.45, 2.75) is 24.9 Å². The van der Waals surface area contributed by atoms with E-state index in [1.807, 2.05) is 0 Å². The van der Waals surface area contributed by atoms with Gasteiger partial charge in [-0.1, -0.05) is 34.4 Å². The first-order chi connectivity index (χ1) is 10.4. The van der Waals surface area contributed by atoms with Gasteiger partial charge in [0, 0.05) is 26.9 Å². The number of hydrogen-bond donors (Lipinski definition) is 1. The molecule has 8 heteroatoms. The Hall–Kier alpha value is -1.37. The molecule has 1 heterocycles. The minimum Gasteiger partial charge on any atom is -0.360 e. The van der Waals surface area contributed by atoms with E-state index in [9.17, 15) is 9.00 Å². The molecule has 1 aromatic heterocycles. The third kappa shape index (κ3) is 4.32. The van der Waals surface area contributed by atoms with E-state index < -0.39 is 22.0 Å². The summed E-state index contributed by atoms with van der Waals surface area (Å²) in [5.41, 5.74) is 0.682. The van der Waals surface area contributed by atoms with Crippen LogP contribution in [0, 0.1) is 6.92 Å². The fraction of sp³-hybridized carbons (Fsp3) is 0.286. The first kappa shape index (κ1) is 17.0. The van der Waals surface area contributed by atoms with Gasteiger partial charge >= 0.3 is 0 Å². The highest BCUT2D eigenvalue weighted by Crippen LogP contribution is 2.23. The van der Waals surface area contributed by atoms with Gasteiger partial charge in [0.1, 0.15) is 11.0 Å². The van der Waals surface area contributed by atoms with E-state index in [1.54, 1.807) is 38.1 Å². The predicted molar refractivity (Wildman–Crippen MR) is 87.6 cm³/mol. The van der Waals surface area contributed by atoms with Gasteiger partial charge < -0.3 is 9.84 Å². The lowest BCUT2D eigenvalue weighted by Gasteiger charge is -2.11. The lowest BCUT2D eigenvalue weighted by atomic mass is 10.2. The predicted octanol–water partition coefficient (Wildman–Crippen LogP) is 3.57. The van der Waals surface area contributed by atoms with Gasteiger partial charge in [-0.2, -0.15) is 0 Å². The largest absolute Gasteiger partial charge is 0.360 e. The summed E-state index contributed by atoms with van der Waals surface area (Å²) < 4.78 is 17.2. The molecule has 2 aromatic rings. The Morgan fingerprint density at radius 2 is 2.14 bits per heavy atom. The number of rotatable bonds is 5. The molecule has 0 bridgehead atoms. The summed E-state index contributed by atoms with van der Waals surface area (Å²) in [6.45, 7) is 3.30. The summed E-state index contributed by atoms with van der Waals surface area (Å²) in [6.07, 6.45) is 0. The molecule has 0 unspecified atom stereocenters. The van der Waals surface area contributed by atoms with Crippen LogP contribution in [-0.2, 0) is 21.3 Å². The van der Waals surface area contributed by atoms with Gasteiger partial charge in [-0.05, 0) is 31.5 Å². The number of carbonyl (C=O) groups is 1. The van der Waals surface area contributed by atoms with Crippen LogP contribution < -0.4 is 5.32 Å². The molecule has 0 saturated carbocycles. The van der Waals surface area contributed by atoms with Gasteiger partial charge in [0.25, 0.3) is 0 Å². The van der Waals surface area contributed by atoms with Crippen molar-refractivity contribution in [2.24, 2.45) is 0 Å². The van der Waals surface area contributed by atoms with Gasteiger partial charge in [0.15, 0.2) is 5.82 Å². The fourth-order valence-electron chi connectivity index (χ4n) is 1.69. The molecule has 0 spiro atoms. The summed E-state index contributed by atoms with van der Waals surface area (Å²) in [4.78, 5) is 12.1. The molecule has 0 aliphatic carbocycles. The van der Waals surface area contributed by atoms with Crippen LogP contribution in [0.1, 0.15) is 18.2 Å². The highest BCUT2D eigenvalue weighted by Gasteiger charge is 2.22. The normalized spacial score (nSPS) is 13.6. The van der Waals surface area contributed by atoms with Crippen LogP contribution in [0.5, 0.6) is 0 Å². The molecule has 2 atom stereocenters. The van der Waals surface area contributed by atoms with Crippen LogP contribution >= 0.6 is 23.2 Å². The number of anilines is 1. The third-order valence-corrected chi connectivity index (χ3v) is 5.14. The number of benzene rings is 1. The van der Waals surface area contributed by atoms with E-state index in [4.69, 9.17) is 27.7 Å². The number of aryl methyl sites for hydroxylation is 1. The van der Waals surface area contributed by atoms with E-state index in [2.05, 4.69) is 10.5 Å². The Bertz CT molecular complexity index is 718. The van der Waals surface area contributed by atoms with Crippen molar-refractivity contribution in [1.82, 2.24) is 5.16 Å². The SMILES string of the molecule is Cc1cc(NC(=O)[C@@H](C)[S@@](=O)Cc2ccc(Cl)cc2Cl)no1. The van der Waals surface area contributed by atoms with E-state index in [-0.39, 0.29) is 5.75 Å². The fourth-order valence-corrected chi connectivity index (χ4v) is 3.35. The molecule has 0 aliphatic rings. The average molecular weight is 361 g/mol. The van der Waals surface area contributed by atoms with Crippen LogP contribution in [0.15, 0.2) is 28.8 Å². The lowest BCUT2D eigenvalue weighted by Crippen LogP contribution is -2.29. The highest BCUT2D eigenvalue weighted by atomic mass is 35.5. The monoisotopic (exact) mass is 360 g/mol. The molecule has 22 heavy (non-hydrogen) atoms. The second-order valence-electron chi connectivity index (χ2n) is 4.72. The number of nitrogens with zero attached hydrogens (tertiary/aromatic N) is 1. The smallest absolute Gasteiger partial charge is 0.241 e. The minimum absolute atomic E-state index is 0.169. The molecule has 1 amide bonds. The Morgan fingerprint density at radius 3 is 2.73 bits per heavy atom. The summed E-state index contributed by atoms with van der Waals surface area (Å²) in [5, 5.41) is 6.44. The second kappa shape index (κ2) is 7.26. The Labute approximate surface area is 140 Å². The summed E-state index contributed by atoms with van der Waals surface area (Å²) >= 11 is 11.9. The second-order valence-corrected chi connectivity index (χ2v) is 7.32. The quantitative estimate of drug-likeness (QED) is 0.884. The minimum atomic E-state index is -1.43. The highest BCUT2D eigenvalue weighted by molar-refractivity contribution is 7.85. The molecule has 0 aliphatic heterocycles. The van der Waals surface area contributed by atoms with Crippen molar-refractivity contribution < 1.29 is 13.5 Å². The zero-order valence-corrected chi connectivity index (χ0v) is 14.3. The zero-order chi connectivity index (χ0) is 16.3. The van der Waals surface area contributed by atoms with Gasteiger partial charge in [-0.25, -0.2) is 0 Å². The van der Waals surface area contributed by atoms with Crippen molar-refractivity contribution in [3.05, 3.63) is 45.6 Å². The zero-order valence-electron chi connectivity index (χ0n) is 11.9. The summed E-state index contributed by atoms with van der Waals surface area (Å²) in [7, 11) is -1.43. The first-order valence-corrected chi connectivity index (χ1v) is 8.56. The number of carbonyl (C=O) groups excluding carboxylic acids is 1. The van der Waals surface area contributed by atoms with Crippen molar-refractivity contribution in [1.29, 1.82) is 0 Å². The summed E-state index contributed by atoms with van der Waals surface area (Å²) in [6, 6.07) is 6.54. The molecular formula is C14H14Cl2N2O3S. The third-order valence-electron chi connectivity index (χ3n) is 2.96. The van der Waals surface area contributed by atoms with E-state index >= 15 is 0 Å². The molecule has 5 nitrogen and oxygen atoms in total. The van der Waals surface area contributed by atoms with Gasteiger partial charge in [-0.3, -0.25) is 9.00 Å². The average Bonchev–Trinajstić information content (AvgIpc) is 2.86. The van der Waals surface area contributed by atoms with Crippen molar-refractivity contribution in [3.8, 4) is 0 Å². The molecule has 0 radical (unpaired) electrons. The Morgan fingerprint density at radius 1 is 1.41 bits per heavy atom. The first-order valence-electron chi connectivity index (χ1n) is 6.42. The molecule has 118 valence electrons. The topological polar surface area (TPSA) is 72.2 Å². The van der Waals surface area contributed by atoms with Crippen LogP contribution in [0.4, 0.5) is 5.82 Å². The van der Waals surface area contributed by atoms with Gasteiger partial charge in [-0.15, -0.1) is 0 Å². The number of nitrogens with one attached hydrogen (secondary N) is 1. The molecule has 2 rings (SSSR count). The lowest BCUT2D eigenvalue weighted by molar-refractivity contribution is -0.115. The van der Waals surface area contributed by atoms with Crippen LogP contribution in [0.25, 0.3) is 0 Å². The van der Waals surface area contributed by atoms with Crippen molar-refractivity contribution >= 4 is 45.7 Å².